The maximum Gasteiger partial charge on any atom is 0.260 e. The van der Waals surface area contributed by atoms with Crippen LogP contribution < -0.4 is 10.2 Å². The zero-order valence-electron chi connectivity index (χ0n) is 9.89. The second-order valence-electron chi connectivity index (χ2n) is 3.72. The summed E-state index contributed by atoms with van der Waals surface area (Å²) in [6.45, 7) is 2.51. The molecule has 2 rings (SSSR count). The summed E-state index contributed by atoms with van der Waals surface area (Å²) in [7, 11) is 0. The maximum atomic E-state index is 11.4. The van der Waals surface area contributed by atoms with Crippen molar-refractivity contribution in [1.29, 1.82) is 0 Å². The van der Waals surface area contributed by atoms with Crippen molar-refractivity contribution in [2.75, 3.05) is 13.2 Å². The molecule has 0 saturated carbocycles. The number of carbonyl (C=O) groups excluding carboxylic acids is 1. The fourth-order valence-electron chi connectivity index (χ4n) is 1.40. The third-order valence-electron chi connectivity index (χ3n) is 2.27. The number of benzene rings is 1. The van der Waals surface area contributed by atoms with Crippen molar-refractivity contribution in [3.63, 3.8) is 0 Å². The molecule has 0 aliphatic carbocycles. The molecule has 7 heteroatoms. The quantitative estimate of drug-likeness (QED) is 0.880. The minimum absolute atomic E-state index is 0.106. The first-order valence-corrected chi connectivity index (χ1v) is 5.99. The molecule has 0 bridgehead atoms. The summed E-state index contributed by atoms with van der Waals surface area (Å²) in [5.41, 5.74) is 1.29. The molecule has 0 aliphatic rings. The lowest BCUT2D eigenvalue weighted by atomic mass is 10.3. The Bertz CT molecular complexity index is 555. The van der Waals surface area contributed by atoms with Crippen LogP contribution in [0.15, 0.2) is 18.2 Å². The van der Waals surface area contributed by atoms with Gasteiger partial charge in [-0.1, -0.05) is 23.4 Å². The summed E-state index contributed by atoms with van der Waals surface area (Å²) in [6.07, 6.45) is 0.883. The second kappa shape index (κ2) is 5.68. The molecule has 1 aromatic heterocycles. The van der Waals surface area contributed by atoms with Crippen molar-refractivity contribution >= 4 is 28.5 Å². The van der Waals surface area contributed by atoms with Crippen LogP contribution in [0.1, 0.15) is 13.3 Å². The largest absolute Gasteiger partial charge is 0.385 e. The smallest absolute Gasteiger partial charge is 0.260 e. The van der Waals surface area contributed by atoms with Crippen LogP contribution in [0.5, 0.6) is 0 Å². The number of amides is 1. The number of fused-ring (bicyclic) bond motifs is 1. The summed E-state index contributed by atoms with van der Waals surface area (Å²) < 4.78 is 0. The van der Waals surface area contributed by atoms with E-state index in [4.69, 9.17) is 16.4 Å². The Labute approximate surface area is 109 Å². The van der Waals surface area contributed by atoms with Crippen LogP contribution in [0.3, 0.4) is 0 Å². The summed E-state index contributed by atoms with van der Waals surface area (Å²) in [5.74, 6) is -0.192. The van der Waals surface area contributed by atoms with Gasteiger partial charge in [0.2, 0.25) is 0 Å². The van der Waals surface area contributed by atoms with E-state index < -0.39 is 0 Å². The molecule has 0 spiro atoms. The maximum absolute atomic E-state index is 11.4. The molecule has 1 amide bonds. The third-order valence-corrected chi connectivity index (χ3v) is 2.50. The predicted molar refractivity (Wildman–Crippen MR) is 67.3 cm³/mol. The van der Waals surface area contributed by atoms with E-state index in [9.17, 15) is 4.79 Å². The Morgan fingerprint density at radius 3 is 3.17 bits per heavy atom. The highest BCUT2D eigenvalue weighted by molar-refractivity contribution is 6.31. The van der Waals surface area contributed by atoms with Crippen LogP contribution in [0.2, 0.25) is 5.02 Å². The molecule has 0 fully saturated rings. The van der Waals surface area contributed by atoms with Crippen molar-refractivity contribution < 1.29 is 9.63 Å². The van der Waals surface area contributed by atoms with Crippen LogP contribution >= 0.6 is 11.6 Å². The number of hydrogen-bond donors (Lipinski definition) is 1. The molecule has 1 heterocycles. The van der Waals surface area contributed by atoms with Crippen molar-refractivity contribution in [3.05, 3.63) is 23.2 Å². The van der Waals surface area contributed by atoms with Crippen LogP contribution in [0, 0.1) is 0 Å². The summed E-state index contributed by atoms with van der Waals surface area (Å²) in [5, 5.41) is 11.0. The molecule has 18 heavy (non-hydrogen) atoms. The van der Waals surface area contributed by atoms with Gasteiger partial charge >= 0.3 is 0 Å². The Hall–Kier alpha value is -1.82. The average molecular weight is 269 g/mol. The number of halogens is 1. The number of carbonyl (C=O) groups is 1. The van der Waals surface area contributed by atoms with Crippen molar-refractivity contribution in [2.45, 2.75) is 13.3 Å². The monoisotopic (exact) mass is 268 g/mol. The van der Waals surface area contributed by atoms with Gasteiger partial charge in [-0.3, -0.25) is 4.79 Å². The molecular formula is C11H13ClN4O2. The van der Waals surface area contributed by atoms with Gasteiger partial charge in [0.25, 0.3) is 5.91 Å². The minimum atomic E-state index is -0.192. The van der Waals surface area contributed by atoms with E-state index in [0.717, 1.165) is 6.42 Å². The minimum Gasteiger partial charge on any atom is -0.385 e. The fourth-order valence-corrected chi connectivity index (χ4v) is 1.57. The van der Waals surface area contributed by atoms with Crippen LogP contribution in [0.4, 0.5) is 0 Å². The first-order valence-electron chi connectivity index (χ1n) is 5.61. The molecule has 0 saturated heterocycles. The van der Waals surface area contributed by atoms with Crippen LogP contribution in [-0.2, 0) is 4.79 Å². The highest BCUT2D eigenvalue weighted by Crippen LogP contribution is 2.16. The topological polar surface area (TPSA) is 69.0 Å². The lowest BCUT2D eigenvalue weighted by Crippen LogP contribution is -2.32. The summed E-state index contributed by atoms with van der Waals surface area (Å²) in [6, 6.07) is 5.14. The van der Waals surface area contributed by atoms with Crippen LogP contribution in [-0.4, -0.2) is 34.2 Å². The number of hydrogen-bond acceptors (Lipinski definition) is 4. The van der Waals surface area contributed by atoms with Crippen molar-refractivity contribution in [2.24, 2.45) is 0 Å². The SMILES string of the molecule is CCCNC(=O)COn1nnc2ccc(Cl)cc21. The Morgan fingerprint density at radius 2 is 2.39 bits per heavy atom. The van der Waals surface area contributed by atoms with Gasteiger partial charge in [0.05, 0.1) is 0 Å². The molecule has 2 aromatic rings. The Balaban J connectivity index is 2.03. The Kier molecular flexibility index (Phi) is 3.99. The van der Waals surface area contributed by atoms with Crippen molar-refractivity contribution in [3.8, 4) is 0 Å². The molecule has 96 valence electrons. The number of rotatable bonds is 5. The van der Waals surface area contributed by atoms with E-state index in [1.807, 2.05) is 6.92 Å². The highest BCUT2D eigenvalue weighted by atomic mass is 35.5. The normalized spacial score (nSPS) is 10.6. The first-order chi connectivity index (χ1) is 8.70. The van der Waals surface area contributed by atoms with Gasteiger partial charge in [-0.25, -0.2) is 0 Å². The second-order valence-corrected chi connectivity index (χ2v) is 4.16. The standard InChI is InChI=1S/C11H13ClN4O2/c1-2-5-13-11(17)7-18-16-10-6-8(12)3-4-9(10)14-15-16/h3-4,6H,2,5,7H2,1H3,(H,13,17). The van der Waals surface area contributed by atoms with Gasteiger partial charge in [-0.05, 0) is 29.8 Å². The van der Waals surface area contributed by atoms with E-state index in [0.29, 0.717) is 22.6 Å². The third kappa shape index (κ3) is 2.89. The average Bonchev–Trinajstić information content (AvgIpc) is 2.76. The van der Waals surface area contributed by atoms with Crippen LogP contribution in [0.25, 0.3) is 11.0 Å². The number of nitrogens with one attached hydrogen (secondary N) is 1. The summed E-state index contributed by atoms with van der Waals surface area (Å²) in [4.78, 5) is 17.8. The van der Waals surface area contributed by atoms with Gasteiger partial charge in [0, 0.05) is 11.6 Å². The zero-order valence-corrected chi connectivity index (χ0v) is 10.6. The zero-order chi connectivity index (χ0) is 13.0. The van der Waals surface area contributed by atoms with Gasteiger partial charge < -0.3 is 10.2 Å². The fraction of sp³-hybridized carbons (Fsp3) is 0.364. The lowest BCUT2D eigenvalue weighted by Gasteiger charge is -2.05. The Morgan fingerprint density at radius 1 is 1.56 bits per heavy atom. The van der Waals surface area contributed by atoms with Gasteiger partial charge in [0.15, 0.2) is 6.61 Å². The molecule has 0 radical (unpaired) electrons. The van der Waals surface area contributed by atoms with E-state index in [2.05, 4.69) is 15.6 Å². The summed E-state index contributed by atoms with van der Waals surface area (Å²) >= 11 is 5.88. The number of aromatic nitrogens is 3. The van der Waals surface area contributed by atoms with Crippen molar-refractivity contribution in [1.82, 2.24) is 20.5 Å². The van der Waals surface area contributed by atoms with E-state index >= 15 is 0 Å². The van der Waals surface area contributed by atoms with Gasteiger partial charge in [0.1, 0.15) is 11.0 Å². The molecule has 1 aromatic carbocycles. The molecule has 0 unspecified atom stereocenters. The van der Waals surface area contributed by atoms with E-state index in [-0.39, 0.29) is 12.5 Å². The number of nitrogens with zero attached hydrogens (tertiary/aromatic N) is 3. The molecule has 6 nitrogen and oxygen atoms in total. The first kappa shape index (κ1) is 12.6. The van der Waals surface area contributed by atoms with Gasteiger partial charge in [-0.15, -0.1) is 5.10 Å². The molecule has 0 atom stereocenters. The molecule has 1 N–H and O–H groups in total. The van der Waals surface area contributed by atoms with Gasteiger partial charge in [-0.2, -0.15) is 0 Å². The van der Waals surface area contributed by atoms with E-state index in [1.54, 1.807) is 18.2 Å². The lowest BCUT2D eigenvalue weighted by molar-refractivity contribution is -0.126. The van der Waals surface area contributed by atoms with E-state index in [1.165, 1.54) is 4.85 Å². The molecule has 0 aliphatic heterocycles. The highest BCUT2D eigenvalue weighted by Gasteiger charge is 2.07. The predicted octanol–water partition coefficient (Wildman–Crippen LogP) is 1.04. The molecular weight excluding hydrogens is 256 g/mol.